The number of rotatable bonds is 6. The molecule has 4 heterocycles. The van der Waals surface area contributed by atoms with E-state index in [4.69, 9.17) is 18.9 Å². The van der Waals surface area contributed by atoms with Gasteiger partial charge < -0.3 is 29.2 Å². The van der Waals surface area contributed by atoms with Gasteiger partial charge in [0.15, 0.2) is 11.5 Å². The number of fused-ring (bicyclic) bond motifs is 2. The third-order valence-corrected chi connectivity index (χ3v) is 6.94. The summed E-state index contributed by atoms with van der Waals surface area (Å²) < 4.78 is 22.2. The van der Waals surface area contributed by atoms with Crippen LogP contribution in [0.4, 0.5) is 5.69 Å². The first-order valence-corrected chi connectivity index (χ1v) is 11.1. The number of benzene rings is 2. The van der Waals surface area contributed by atoms with Gasteiger partial charge in [-0.2, -0.15) is 0 Å². The van der Waals surface area contributed by atoms with Crippen molar-refractivity contribution in [2.75, 3.05) is 31.9 Å². The zero-order valence-corrected chi connectivity index (χ0v) is 18.2. The molecular formula is C25H24N2O6. The molecule has 0 saturated carbocycles. The van der Waals surface area contributed by atoms with Gasteiger partial charge in [-0.3, -0.25) is 9.59 Å². The standard InChI is InChI=1S/C25H24N2O6/c1-30-17-5-2-15(3-6-17)9-11-26-23(28)21-19-8-10-25(33-19)13-27(24(29)22(21)25)16-4-7-18-20(12-16)32-14-31-18/h2-8,10,12,19,21-22H,9,11,13-14H2,1H3,(H,26,28)/t19-,21+,22+,25-/m0/s1. The fourth-order valence-corrected chi connectivity index (χ4v) is 5.31. The minimum atomic E-state index is -0.768. The van der Waals surface area contributed by atoms with Crippen molar-refractivity contribution >= 4 is 17.5 Å². The summed E-state index contributed by atoms with van der Waals surface area (Å²) in [5.74, 6) is 0.738. The highest BCUT2D eigenvalue weighted by molar-refractivity contribution is 6.03. The Morgan fingerprint density at radius 2 is 2.00 bits per heavy atom. The largest absolute Gasteiger partial charge is 0.497 e. The Kier molecular flexibility index (Phi) is 4.58. The van der Waals surface area contributed by atoms with Crippen LogP contribution in [-0.4, -0.2) is 50.5 Å². The van der Waals surface area contributed by atoms with Crippen LogP contribution in [0.5, 0.6) is 17.2 Å². The highest BCUT2D eigenvalue weighted by Crippen LogP contribution is 2.53. The van der Waals surface area contributed by atoms with Crippen molar-refractivity contribution in [3.63, 3.8) is 0 Å². The molecule has 8 heteroatoms. The summed E-state index contributed by atoms with van der Waals surface area (Å²) in [6, 6.07) is 13.2. The Morgan fingerprint density at radius 3 is 2.82 bits per heavy atom. The monoisotopic (exact) mass is 448 g/mol. The summed E-state index contributed by atoms with van der Waals surface area (Å²) in [5, 5.41) is 3.01. The zero-order chi connectivity index (χ0) is 22.6. The third-order valence-electron chi connectivity index (χ3n) is 6.94. The van der Waals surface area contributed by atoms with Crippen molar-refractivity contribution < 1.29 is 28.5 Å². The Balaban J connectivity index is 1.16. The fourth-order valence-electron chi connectivity index (χ4n) is 5.31. The van der Waals surface area contributed by atoms with E-state index >= 15 is 0 Å². The van der Waals surface area contributed by atoms with Crippen LogP contribution in [0.25, 0.3) is 0 Å². The molecule has 2 fully saturated rings. The number of ether oxygens (including phenoxy) is 4. The molecule has 170 valence electrons. The van der Waals surface area contributed by atoms with Crippen molar-refractivity contribution in [2.45, 2.75) is 18.1 Å². The van der Waals surface area contributed by atoms with Crippen molar-refractivity contribution in [1.82, 2.24) is 5.32 Å². The molecule has 2 saturated heterocycles. The minimum absolute atomic E-state index is 0.101. The summed E-state index contributed by atoms with van der Waals surface area (Å²) in [4.78, 5) is 28.3. The number of amides is 2. The summed E-state index contributed by atoms with van der Waals surface area (Å²) in [7, 11) is 1.63. The van der Waals surface area contributed by atoms with E-state index in [0.29, 0.717) is 36.7 Å². The van der Waals surface area contributed by atoms with Crippen LogP contribution < -0.4 is 24.4 Å². The first-order valence-electron chi connectivity index (χ1n) is 11.1. The second-order valence-corrected chi connectivity index (χ2v) is 8.75. The third kappa shape index (κ3) is 3.16. The van der Waals surface area contributed by atoms with Gasteiger partial charge in [-0.25, -0.2) is 0 Å². The SMILES string of the molecule is COc1ccc(CCNC(=O)[C@@H]2[C@@H]3C=C[C@@]4(CN(c5ccc6c(c5)OCO6)C(=O)[C@@H]24)O3)cc1. The smallest absolute Gasteiger partial charge is 0.234 e. The van der Waals surface area contributed by atoms with Gasteiger partial charge in [-0.05, 0) is 36.2 Å². The number of nitrogens with one attached hydrogen (secondary N) is 1. The van der Waals surface area contributed by atoms with Crippen LogP contribution >= 0.6 is 0 Å². The Hall–Kier alpha value is -3.52. The van der Waals surface area contributed by atoms with Gasteiger partial charge >= 0.3 is 0 Å². The van der Waals surface area contributed by atoms with E-state index in [0.717, 1.165) is 11.3 Å². The second-order valence-electron chi connectivity index (χ2n) is 8.75. The van der Waals surface area contributed by atoms with Crippen molar-refractivity contribution in [2.24, 2.45) is 11.8 Å². The first-order chi connectivity index (χ1) is 16.1. The van der Waals surface area contributed by atoms with Crippen molar-refractivity contribution in [3.8, 4) is 17.2 Å². The molecular weight excluding hydrogens is 424 g/mol. The average molecular weight is 448 g/mol. The summed E-state index contributed by atoms with van der Waals surface area (Å²) in [6.45, 7) is 1.03. The number of hydrogen-bond acceptors (Lipinski definition) is 6. The highest BCUT2D eigenvalue weighted by Gasteiger charge is 2.67. The predicted octanol–water partition coefficient (Wildman–Crippen LogP) is 2.07. The zero-order valence-electron chi connectivity index (χ0n) is 18.2. The van der Waals surface area contributed by atoms with Crippen LogP contribution in [-0.2, 0) is 20.7 Å². The molecule has 4 aliphatic heterocycles. The van der Waals surface area contributed by atoms with E-state index in [1.54, 1.807) is 24.1 Å². The fraction of sp³-hybridized carbons (Fsp3) is 0.360. The van der Waals surface area contributed by atoms with E-state index in [2.05, 4.69) is 5.32 Å². The number of nitrogens with zero attached hydrogens (tertiary/aromatic N) is 1. The van der Waals surface area contributed by atoms with E-state index in [9.17, 15) is 9.59 Å². The van der Waals surface area contributed by atoms with Crippen molar-refractivity contribution in [1.29, 1.82) is 0 Å². The molecule has 8 nitrogen and oxygen atoms in total. The van der Waals surface area contributed by atoms with E-state index in [1.165, 1.54) is 0 Å². The molecule has 0 unspecified atom stereocenters. The molecule has 2 bridgehead atoms. The molecule has 1 N–H and O–H groups in total. The molecule has 4 aliphatic rings. The molecule has 4 atom stereocenters. The van der Waals surface area contributed by atoms with E-state index < -0.39 is 17.4 Å². The highest BCUT2D eigenvalue weighted by atomic mass is 16.7. The van der Waals surface area contributed by atoms with Gasteiger partial charge in [0.1, 0.15) is 11.4 Å². The molecule has 0 aromatic heterocycles. The lowest BCUT2D eigenvalue weighted by atomic mass is 9.77. The predicted molar refractivity (Wildman–Crippen MR) is 118 cm³/mol. The lowest BCUT2D eigenvalue weighted by Crippen LogP contribution is -2.44. The summed E-state index contributed by atoms with van der Waals surface area (Å²) in [5.41, 5.74) is 1.05. The summed E-state index contributed by atoms with van der Waals surface area (Å²) >= 11 is 0. The van der Waals surface area contributed by atoms with Crippen LogP contribution in [0, 0.1) is 11.8 Å². The molecule has 33 heavy (non-hydrogen) atoms. The van der Waals surface area contributed by atoms with Crippen LogP contribution in [0.15, 0.2) is 54.6 Å². The number of carbonyl (C=O) groups excluding carboxylic acids is 2. The number of methoxy groups -OCH3 is 1. The second kappa shape index (κ2) is 7.52. The topological polar surface area (TPSA) is 86.3 Å². The molecule has 0 aliphatic carbocycles. The van der Waals surface area contributed by atoms with Crippen molar-refractivity contribution in [3.05, 3.63) is 60.2 Å². The lowest BCUT2D eigenvalue weighted by Gasteiger charge is -2.23. The maximum absolute atomic E-state index is 13.5. The molecule has 2 aromatic rings. The van der Waals surface area contributed by atoms with Gasteiger partial charge in [0.2, 0.25) is 18.6 Å². The van der Waals surface area contributed by atoms with E-state index in [-0.39, 0.29) is 24.7 Å². The van der Waals surface area contributed by atoms with Gasteiger partial charge in [-0.15, -0.1) is 0 Å². The van der Waals surface area contributed by atoms with Gasteiger partial charge in [0.05, 0.1) is 31.6 Å². The maximum Gasteiger partial charge on any atom is 0.234 e. The minimum Gasteiger partial charge on any atom is -0.497 e. The van der Waals surface area contributed by atoms with Crippen LogP contribution in [0.2, 0.25) is 0 Å². The summed E-state index contributed by atoms with van der Waals surface area (Å²) in [6.07, 6.45) is 4.19. The van der Waals surface area contributed by atoms with Gasteiger partial charge in [-0.1, -0.05) is 24.3 Å². The molecule has 6 rings (SSSR count). The molecule has 0 radical (unpaired) electrons. The number of anilines is 1. The number of hydrogen-bond donors (Lipinski definition) is 1. The van der Waals surface area contributed by atoms with Crippen LogP contribution in [0.3, 0.4) is 0 Å². The molecule has 1 spiro atoms. The Morgan fingerprint density at radius 1 is 1.18 bits per heavy atom. The maximum atomic E-state index is 13.5. The molecule has 2 amide bonds. The number of carbonyl (C=O) groups is 2. The van der Waals surface area contributed by atoms with E-state index in [1.807, 2.05) is 42.5 Å². The quantitative estimate of drug-likeness (QED) is 0.681. The first kappa shape index (κ1) is 20.1. The van der Waals surface area contributed by atoms with Gasteiger partial charge in [0.25, 0.3) is 0 Å². The Labute approximate surface area is 191 Å². The molecule has 2 aromatic carbocycles. The lowest BCUT2D eigenvalue weighted by molar-refractivity contribution is -0.131. The Bertz CT molecular complexity index is 1150. The average Bonchev–Trinajstić information content (AvgIpc) is 3.59. The van der Waals surface area contributed by atoms with Gasteiger partial charge in [0, 0.05) is 18.3 Å². The van der Waals surface area contributed by atoms with Crippen LogP contribution in [0.1, 0.15) is 5.56 Å². The normalized spacial score (nSPS) is 28.3.